The van der Waals surface area contributed by atoms with E-state index in [2.05, 4.69) is 5.32 Å². The van der Waals surface area contributed by atoms with E-state index in [1.54, 1.807) is 12.1 Å². The van der Waals surface area contributed by atoms with E-state index >= 15 is 0 Å². The molecule has 1 amide bonds. The number of hydrogen-bond donors (Lipinski definition) is 1. The fourth-order valence-corrected chi connectivity index (χ4v) is 3.65. The Morgan fingerprint density at radius 3 is 2.11 bits per heavy atom. The van der Waals surface area contributed by atoms with Crippen LogP contribution in [0.25, 0.3) is 0 Å². The van der Waals surface area contributed by atoms with Gasteiger partial charge in [0.2, 0.25) is 0 Å². The van der Waals surface area contributed by atoms with Gasteiger partial charge in [-0.15, -0.1) is 0 Å². The molecular formula is C17H23ClNO5PS2. The van der Waals surface area contributed by atoms with Crippen LogP contribution in [-0.4, -0.2) is 36.4 Å². The molecule has 0 saturated carbocycles. The van der Waals surface area contributed by atoms with E-state index in [0.717, 1.165) is 11.1 Å². The molecule has 150 valence electrons. The van der Waals surface area contributed by atoms with Gasteiger partial charge in [-0.2, -0.15) is 0 Å². The highest BCUT2D eigenvalue weighted by Crippen LogP contribution is 2.42. The average Bonchev–Trinajstić information content (AvgIpc) is 2.63. The van der Waals surface area contributed by atoms with Crippen molar-refractivity contribution < 1.29 is 23.4 Å². The van der Waals surface area contributed by atoms with Crippen molar-refractivity contribution in [1.29, 1.82) is 0 Å². The van der Waals surface area contributed by atoms with Gasteiger partial charge < -0.3 is 14.4 Å². The first-order valence-corrected chi connectivity index (χ1v) is 12.2. The number of carbonyl (C=O) groups excluding carboxylic acids is 3. The van der Waals surface area contributed by atoms with Gasteiger partial charge in [0.05, 0.1) is 6.61 Å². The van der Waals surface area contributed by atoms with Crippen molar-refractivity contribution in [2.45, 2.75) is 31.8 Å². The summed E-state index contributed by atoms with van der Waals surface area (Å²) in [5.41, 5.74) is 2.25. The van der Waals surface area contributed by atoms with Crippen LogP contribution in [-0.2, 0) is 30.1 Å². The zero-order chi connectivity index (χ0) is 20.2. The highest BCUT2D eigenvalue weighted by molar-refractivity contribution is 8.13. The van der Waals surface area contributed by atoms with E-state index in [1.807, 2.05) is 6.07 Å². The van der Waals surface area contributed by atoms with Gasteiger partial charge in [-0.25, -0.2) is 0 Å². The third-order valence-corrected chi connectivity index (χ3v) is 6.29. The molecule has 1 atom stereocenters. The predicted molar refractivity (Wildman–Crippen MR) is 113 cm³/mol. The molecule has 0 radical (unpaired) electrons. The van der Waals surface area contributed by atoms with Gasteiger partial charge in [0.25, 0.3) is 13.6 Å². The van der Waals surface area contributed by atoms with Gasteiger partial charge in [0, 0.05) is 44.6 Å². The molecule has 0 bridgehead atoms. The molecule has 0 aromatic heterocycles. The Morgan fingerprint density at radius 1 is 1.07 bits per heavy atom. The lowest BCUT2D eigenvalue weighted by Crippen LogP contribution is -2.25. The second-order valence-corrected chi connectivity index (χ2v) is 9.62. The molecule has 1 unspecified atom stereocenters. The summed E-state index contributed by atoms with van der Waals surface area (Å²) >= 11 is 8.09. The minimum absolute atomic E-state index is 0.0137. The number of thioether (sulfide) groups is 2. The monoisotopic (exact) mass is 451 g/mol. The Hall–Kier alpha value is -0.630. The third-order valence-electron chi connectivity index (χ3n) is 3.14. The predicted octanol–water partition coefficient (Wildman–Crippen LogP) is 4.49. The van der Waals surface area contributed by atoms with E-state index in [9.17, 15) is 14.4 Å². The van der Waals surface area contributed by atoms with Crippen molar-refractivity contribution in [3.05, 3.63) is 34.9 Å². The Labute approximate surface area is 174 Å². The van der Waals surface area contributed by atoms with Gasteiger partial charge in [0.1, 0.15) is 0 Å². The lowest BCUT2D eigenvalue weighted by Gasteiger charge is -2.11. The average molecular weight is 452 g/mol. The van der Waals surface area contributed by atoms with Crippen LogP contribution in [0.1, 0.15) is 41.8 Å². The number of amides is 1. The van der Waals surface area contributed by atoms with Crippen molar-refractivity contribution in [2.24, 2.45) is 0 Å². The van der Waals surface area contributed by atoms with Crippen molar-refractivity contribution in [1.82, 2.24) is 5.32 Å². The van der Waals surface area contributed by atoms with E-state index in [4.69, 9.17) is 20.3 Å². The first-order chi connectivity index (χ1) is 12.8. The molecule has 6 nitrogen and oxygen atoms in total. The number of nitrogens with one attached hydrogen (secondary N) is 1. The standard InChI is InChI=1S/C17H23ClNO5PS2/c1-12(20)26-10-14-7-15(11-27-13(2)21)9-16(8-14)17(22)19-5-4-6-24-25(18)23-3/h7-9H,4-6,10-11H2,1-3H3,(H,19,22). The molecular weight excluding hydrogens is 429 g/mol. The third kappa shape index (κ3) is 11.1. The fourth-order valence-electron chi connectivity index (χ4n) is 2.00. The molecule has 10 heteroatoms. The molecule has 0 aliphatic carbocycles. The lowest BCUT2D eigenvalue weighted by atomic mass is 10.1. The van der Waals surface area contributed by atoms with E-state index in [0.29, 0.717) is 36.6 Å². The molecule has 1 aromatic carbocycles. The highest BCUT2D eigenvalue weighted by atomic mass is 35.7. The number of rotatable bonds is 11. The molecule has 0 saturated heterocycles. The van der Waals surface area contributed by atoms with Crippen LogP contribution in [0, 0.1) is 0 Å². The van der Waals surface area contributed by atoms with Crippen LogP contribution in [0.5, 0.6) is 0 Å². The van der Waals surface area contributed by atoms with E-state index in [-0.39, 0.29) is 16.1 Å². The SMILES string of the molecule is COP(Cl)OCCCNC(=O)c1cc(CSC(C)=O)cc(CSC(C)=O)c1. The van der Waals surface area contributed by atoms with Crippen molar-refractivity contribution in [3.8, 4) is 0 Å². The zero-order valence-corrected chi connectivity index (χ0v) is 18.7. The first kappa shape index (κ1) is 24.4. The Balaban J connectivity index is 2.69. The van der Waals surface area contributed by atoms with Crippen LogP contribution < -0.4 is 5.32 Å². The molecule has 0 fully saturated rings. The maximum atomic E-state index is 12.4. The number of halogens is 1. The summed E-state index contributed by atoms with van der Waals surface area (Å²) in [7, 11) is 0.0896. The first-order valence-electron chi connectivity index (χ1n) is 8.12. The van der Waals surface area contributed by atoms with Crippen LogP contribution in [0.15, 0.2) is 18.2 Å². The van der Waals surface area contributed by atoms with E-state index in [1.165, 1.54) is 44.5 Å². The number of hydrogen-bond acceptors (Lipinski definition) is 7. The summed E-state index contributed by atoms with van der Waals surface area (Å²) in [4.78, 5) is 34.9. The Bertz CT molecular complexity index is 626. The summed E-state index contributed by atoms with van der Waals surface area (Å²) in [6.45, 7) is 3.84. The van der Waals surface area contributed by atoms with Crippen LogP contribution >= 0.6 is 42.5 Å². The molecule has 1 rings (SSSR count). The van der Waals surface area contributed by atoms with Crippen LogP contribution in [0.4, 0.5) is 0 Å². The summed E-state index contributed by atoms with van der Waals surface area (Å²) in [6.07, 6.45) is 0.605. The maximum Gasteiger partial charge on any atom is 0.276 e. The maximum absolute atomic E-state index is 12.4. The molecule has 27 heavy (non-hydrogen) atoms. The smallest absolute Gasteiger partial charge is 0.276 e. The molecule has 0 heterocycles. The normalized spacial score (nSPS) is 11.9. The van der Waals surface area contributed by atoms with Crippen LogP contribution in [0.2, 0.25) is 0 Å². The molecule has 0 aliphatic heterocycles. The van der Waals surface area contributed by atoms with Crippen molar-refractivity contribution in [3.63, 3.8) is 0 Å². The zero-order valence-electron chi connectivity index (χ0n) is 15.5. The molecule has 0 aliphatic rings. The number of carbonyl (C=O) groups is 3. The van der Waals surface area contributed by atoms with Gasteiger partial charge in [-0.3, -0.25) is 14.4 Å². The second kappa shape index (κ2) is 13.5. The fraction of sp³-hybridized carbons (Fsp3) is 0.471. The minimum atomic E-state index is -1.38. The quantitative estimate of drug-likeness (QED) is 0.392. The highest BCUT2D eigenvalue weighted by Gasteiger charge is 2.11. The van der Waals surface area contributed by atoms with Gasteiger partial charge in [0.15, 0.2) is 10.2 Å². The summed E-state index contributed by atoms with van der Waals surface area (Å²) < 4.78 is 10.0. The molecule has 1 aromatic rings. The topological polar surface area (TPSA) is 81.7 Å². The van der Waals surface area contributed by atoms with Crippen molar-refractivity contribution in [2.75, 3.05) is 20.3 Å². The summed E-state index contributed by atoms with van der Waals surface area (Å²) in [5, 5.41) is 2.86. The van der Waals surface area contributed by atoms with Crippen LogP contribution in [0.3, 0.4) is 0 Å². The minimum Gasteiger partial charge on any atom is -0.352 e. The van der Waals surface area contributed by atoms with Gasteiger partial charge >= 0.3 is 0 Å². The molecule has 0 spiro atoms. The van der Waals surface area contributed by atoms with Gasteiger partial charge in [-0.1, -0.05) is 29.6 Å². The summed E-state index contributed by atoms with van der Waals surface area (Å²) in [5.74, 6) is 0.759. The van der Waals surface area contributed by atoms with Crippen molar-refractivity contribution >= 4 is 58.6 Å². The van der Waals surface area contributed by atoms with E-state index < -0.39 is 7.73 Å². The Kier molecular flexibility index (Phi) is 12.2. The van der Waals surface area contributed by atoms with Gasteiger partial charge in [-0.05, 0) is 40.9 Å². The second-order valence-electron chi connectivity index (χ2n) is 5.44. The largest absolute Gasteiger partial charge is 0.352 e. The summed E-state index contributed by atoms with van der Waals surface area (Å²) in [6, 6.07) is 5.46. The number of benzene rings is 1. The molecule has 1 N–H and O–H groups in total. The Morgan fingerprint density at radius 2 is 1.63 bits per heavy atom. The lowest BCUT2D eigenvalue weighted by molar-refractivity contribution is -0.109.